The maximum absolute atomic E-state index is 11.8. The SMILES string of the molecule is CC[C@H](C)c1ccc(OCC(=O)NN=Cc2ccc(Cl)c(Cl)c2)cc1. The Morgan fingerprint density at radius 2 is 1.92 bits per heavy atom. The Bertz CT molecular complexity index is 746. The van der Waals surface area contributed by atoms with Crippen molar-refractivity contribution in [2.75, 3.05) is 6.61 Å². The summed E-state index contributed by atoms with van der Waals surface area (Å²) in [7, 11) is 0. The monoisotopic (exact) mass is 378 g/mol. The number of hydrazone groups is 1. The zero-order chi connectivity index (χ0) is 18.2. The summed E-state index contributed by atoms with van der Waals surface area (Å²) in [6.07, 6.45) is 2.57. The van der Waals surface area contributed by atoms with Gasteiger partial charge in [0.15, 0.2) is 6.61 Å². The predicted octanol–water partition coefficient (Wildman–Crippen LogP) is 5.04. The highest BCUT2D eigenvalue weighted by Crippen LogP contribution is 2.22. The van der Waals surface area contributed by atoms with Crippen LogP contribution < -0.4 is 10.2 Å². The van der Waals surface area contributed by atoms with E-state index < -0.39 is 0 Å². The van der Waals surface area contributed by atoms with Crippen LogP contribution >= 0.6 is 23.2 Å². The van der Waals surface area contributed by atoms with Crippen LogP contribution in [0, 0.1) is 0 Å². The minimum absolute atomic E-state index is 0.110. The lowest BCUT2D eigenvalue weighted by molar-refractivity contribution is -0.123. The predicted molar refractivity (Wildman–Crippen MR) is 103 cm³/mol. The van der Waals surface area contributed by atoms with E-state index in [1.807, 2.05) is 24.3 Å². The highest BCUT2D eigenvalue weighted by Gasteiger charge is 2.05. The third-order valence-electron chi connectivity index (χ3n) is 3.78. The molecule has 0 aliphatic carbocycles. The van der Waals surface area contributed by atoms with Gasteiger partial charge in [-0.15, -0.1) is 0 Å². The molecule has 0 aliphatic rings. The molecule has 0 radical (unpaired) electrons. The van der Waals surface area contributed by atoms with Crippen LogP contribution in [0.15, 0.2) is 47.6 Å². The average molecular weight is 379 g/mol. The van der Waals surface area contributed by atoms with Gasteiger partial charge in [0.05, 0.1) is 16.3 Å². The Morgan fingerprint density at radius 1 is 1.20 bits per heavy atom. The zero-order valence-corrected chi connectivity index (χ0v) is 15.6. The van der Waals surface area contributed by atoms with Crippen molar-refractivity contribution >= 4 is 35.3 Å². The minimum Gasteiger partial charge on any atom is -0.484 e. The lowest BCUT2D eigenvalue weighted by Gasteiger charge is -2.10. The van der Waals surface area contributed by atoms with Crippen LogP contribution in [0.5, 0.6) is 5.75 Å². The van der Waals surface area contributed by atoms with Crippen molar-refractivity contribution in [1.29, 1.82) is 0 Å². The van der Waals surface area contributed by atoms with Gasteiger partial charge in [-0.1, -0.05) is 55.2 Å². The number of benzene rings is 2. The first-order valence-corrected chi connectivity index (χ1v) is 8.75. The molecule has 0 saturated heterocycles. The Kier molecular flexibility index (Phi) is 7.29. The van der Waals surface area contributed by atoms with Crippen LogP contribution in [-0.2, 0) is 4.79 Å². The number of ether oxygens (including phenoxy) is 1. The summed E-state index contributed by atoms with van der Waals surface area (Å²) in [5, 5.41) is 4.77. The molecule has 0 fully saturated rings. The zero-order valence-electron chi connectivity index (χ0n) is 14.1. The number of amides is 1. The molecule has 0 bridgehead atoms. The van der Waals surface area contributed by atoms with Crippen molar-refractivity contribution in [3.05, 3.63) is 63.6 Å². The number of carbonyl (C=O) groups is 1. The van der Waals surface area contributed by atoms with E-state index in [0.29, 0.717) is 21.7 Å². The molecule has 0 unspecified atom stereocenters. The first kappa shape index (κ1) is 19.3. The molecule has 0 heterocycles. The number of hydrogen-bond donors (Lipinski definition) is 1. The molecule has 25 heavy (non-hydrogen) atoms. The standard InChI is InChI=1S/C19H20Cl2N2O2/c1-3-13(2)15-5-7-16(8-6-15)25-12-19(24)23-22-11-14-4-9-17(20)18(21)10-14/h4-11,13H,3,12H2,1-2H3,(H,23,24)/t13-/m0/s1. The van der Waals surface area contributed by atoms with E-state index in [4.69, 9.17) is 27.9 Å². The van der Waals surface area contributed by atoms with Crippen molar-refractivity contribution in [1.82, 2.24) is 5.43 Å². The first-order chi connectivity index (χ1) is 12.0. The Labute approximate surface area is 157 Å². The maximum Gasteiger partial charge on any atom is 0.277 e. The number of nitrogens with one attached hydrogen (secondary N) is 1. The lowest BCUT2D eigenvalue weighted by Crippen LogP contribution is -2.24. The smallest absolute Gasteiger partial charge is 0.277 e. The number of carbonyl (C=O) groups excluding carboxylic acids is 1. The van der Waals surface area contributed by atoms with Crippen LogP contribution in [0.2, 0.25) is 10.0 Å². The molecule has 1 atom stereocenters. The maximum atomic E-state index is 11.8. The van der Waals surface area contributed by atoms with E-state index in [9.17, 15) is 4.79 Å². The highest BCUT2D eigenvalue weighted by atomic mass is 35.5. The van der Waals surface area contributed by atoms with Gasteiger partial charge in [0.2, 0.25) is 0 Å². The molecule has 1 amide bonds. The summed E-state index contributed by atoms with van der Waals surface area (Å²) in [6, 6.07) is 12.8. The van der Waals surface area contributed by atoms with Crippen LogP contribution in [0.25, 0.3) is 0 Å². The van der Waals surface area contributed by atoms with E-state index in [1.165, 1.54) is 11.8 Å². The normalized spacial score (nSPS) is 12.2. The number of nitrogens with zero attached hydrogens (tertiary/aromatic N) is 1. The molecule has 2 aromatic rings. The second-order valence-electron chi connectivity index (χ2n) is 5.63. The summed E-state index contributed by atoms with van der Waals surface area (Å²) in [5.41, 5.74) is 4.39. The highest BCUT2D eigenvalue weighted by molar-refractivity contribution is 6.42. The fourth-order valence-electron chi connectivity index (χ4n) is 2.08. The quantitative estimate of drug-likeness (QED) is 0.542. The topological polar surface area (TPSA) is 50.7 Å². The van der Waals surface area contributed by atoms with Gasteiger partial charge in [-0.3, -0.25) is 4.79 Å². The van der Waals surface area contributed by atoms with Gasteiger partial charge in [-0.25, -0.2) is 5.43 Å². The number of hydrogen-bond acceptors (Lipinski definition) is 3. The molecule has 0 spiro atoms. The van der Waals surface area contributed by atoms with E-state index in [2.05, 4.69) is 24.4 Å². The molecule has 2 aromatic carbocycles. The van der Waals surface area contributed by atoms with Gasteiger partial charge >= 0.3 is 0 Å². The van der Waals surface area contributed by atoms with Gasteiger partial charge < -0.3 is 4.74 Å². The van der Waals surface area contributed by atoms with E-state index in [1.54, 1.807) is 18.2 Å². The molecule has 4 nitrogen and oxygen atoms in total. The molecule has 1 N–H and O–H groups in total. The molecular formula is C19H20Cl2N2O2. The Balaban J connectivity index is 1.80. The molecular weight excluding hydrogens is 359 g/mol. The molecule has 132 valence electrons. The van der Waals surface area contributed by atoms with E-state index in [-0.39, 0.29) is 12.5 Å². The van der Waals surface area contributed by atoms with Gasteiger partial charge in [-0.05, 0) is 47.7 Å². The molecule has 0 aromatic heterocycles. The third kappa shape index (κ3) is 6.07. The first-order valence-electron chi connectivity index (χ1n) is 7.99. The average Bonchev–Trinajstić information content (AvgIpc) is 2.62. The van der Waals surface area contributed by atoms with Gasteiger partial charge in [0.1, 0.15) is 5.75 Å². The van der Waals surface area contributed by atoms with E-state index in [0.717, 1.165) is 12.0 Å². The summed E-state index contributed by atoms with van der Waals surface area (Å²) < 4.78 is 5.45. The minimum atomic E-state index is -0.345. The van der Waals surface area contributed by atoms with Gasteiger partial charge in [-0.2, -0.15) is 5.10 Å². The number of rotatable bonds is 7. The van der Waals surface area contributed by atoms with Crippen molar-refractivity contribution in [2.45, 2.75) is 26.2 Å². The lowest BCUT2D eigenvalue weighted by atomic mass is 9.99. The largest absolute Gasteiger partial charge is 0.484 e. The summed E-state index contributed by atoms with van der Waals surface area (Å²) in [6.45, 7) is 4.22. The number of halogens is 2. The van der Waals surface area contributed by atoms with Crippen LogP contribution in [0.3, 0.4) is 0 Å². The van der Waals surface area contributed by atoms with E-state index >= 15 is 0 Å². The Hall–Kier alpha value is -2.04. The molecule has 0 aliphatic heterocycles. The van der Waals surface area contributed by atoms with Crippen LogP contribution in [0.4, 0.5) is 0 Å². The fraction of sp³-hybridized carbons (Fsp3) is 0.263. The van der Waals surface area contributed by atoms with Crippen LogP contribution in [-0.4, -0.2) is 18.7 Å². The van der Waals surface area contributed by atoms with Crippen LogP contribution in [0.1, 0.15) is 37.3 Å². The van der Waals surface area contributed by atoms with Crippen molar-refractivity contribution in [3.8, 4) is 5.75 Å². The summed E-state index contributed by atoms with van der Waals surface area (Å²) >= 11 is 11.7. The summed E-state index contributed by atoms with van der Waals surface area (Å²) in [5.74, 6) is 0.811. The van der Waals surface area contributed by atoms with Crippen molar-refractivity contribution in [3.63, 3.8) is 0 Å². The van der Waals surface area contributed by atoms with Gasteiger partial charge in [0.25, 0.3) is 5.91 Å². The fourth-order valence-corrected chi connectivity index (χ4v) is 2.39. The molecule has 0 saturated carbocycles. The summed E-state index contributed by atoms with van der Waals surface area (Å²) in [4.78, 5) is 11.8. The van der Waals surface area contributed by atoms with Gasteiger partial charge in [0, 0.05) is 0 Å². The third-order valence-corrected chi connectivity index (χ3v) is 4.52. The second kappa shape index (κ2) is 9.44. The van der Waals surface area contributed by atoms with Crippen molar-refractivity contribution < 1.29 is 9.53 Å². The molecule has 6 heteroatoms. The molecule has 2 rings (SSSR count). The van der Waals surface area contributed by atoms with Crippen molar-refractivity contribution in [2.24, 2.45) is 5.10 Å². The Morgan fingerprint density at radius 3 is 2.56 bits per heavy atom. The second-order valence-corrected chi connectivity index (χ2v) is 6.45.